The van der Waals surface area contributed by atoms with Crippen LogP contribution in [-0.4, -0.2) is 9.97 Å². The van der Waals surface area contributed by atoms with E-state index in [1.165, 1.54) is 44.2 Å². The number of rotatable bonds is 2. The highest BCUT2D eigenvalue weighted by molar-refractivity contribution is 5.24. The van der Waals surface area contributed by atoms with Crippen LogP contribution in [0.15, 0.2) is 12.4 Å². The van der Waals surface area contributed by atoms with Gasteiger partial charge in [0.25, 0.3) is 0 Å². The molecule has 96 valence electrons. The van der Waals surface area contributed by atoms with Gasteiger partial charge >= 0.3 is 0 Å². The summed E-state index contributed by atoms with van der Waals surface area (Å²) in [6.07, 6.45) is 10.2. The molecule has 4 aliphatic carbocycles. The summed E-state index contributed by atoms with van der Waals surface area (Å²) in [6, 6.07) is 2.17. The third-order valence-electron chi connectivity index (χ3n) is 5.51. The third kappa shape index (κ3) is 1.53. The maximum absolute atomic E-state index is 5.72. The van der Waals surface area contributed by atoms with Crippen LogP contribution in [0.2, 0.25) is 0 Å². The first-order valence-corrected chi connectivity index (χ1v) is 7.29. The molecule has 4 bridgehead atoms. The summed E-state index contributed by atoms with van der Waals surface area (Å²) in [5, 5.41) is 0. The average Bonchev–Trinajstić information content (AvgIpc) is 2.37. The molecule has 2 N–H and O–H groups in total. The van der Waals surface area contributed by atoms with Crippen molar-refractivity contribution < 1.29 is 0 Å². The molecule has 5 rings (SSSR count). The third-order valence-corrected chi connectivity index (χ3v) is 5.51. The van der Waals surface area contributed by atoms with Crippen molar-refractivity contribution in [1.29, 1.82) is 0 Å². The molecule has 1 heterocycles. The number of hydrogen-bond acceptors (Lipinski definition) is 3. The van der Waals surface area contributed by atoms with Crippen molar-refractivity contribution in [2.45, 2.75) is 50.5 Å². The average molecular weight is 243 g/mol. The summed E-state index contributed by atoms with van der Waals surface area (Å²) in [5.41, 5.74) is 8.38. The van der Waals surface area contributed by atoms with E-state index in [9.17, 15) is 0 Å². The van der Waals surface area contributed by atoms with Crippen LogP contribution >= 0.6 is 0 Å². The van der Waals surface area contributed by atoms with Crippen LogP contribution in [0.5, 0.6) is 0 Å². The molecule has 4 fully saturated rings. The van der Waals surface area contributed by atoms with Gasteiger partial charge in [-0.05, 0) is 62.3 Å². The first kappa shape index (κ1) is 10.9. The Kier molecular flexibility index (Phi) is 2.28. The van der Waals surface area contributed by atoms with Crippen LogP contribution in [0.25, 0.3) is 0 Å². The predicted octanol–water partition coefficient (Wildman–Crippen LogP) is 2.40. The van der Waals surface area contributed by atoms with Crippen molar-refractivity contribution in [3.63, 3.8) is 0 Å². The van der Waals surface area contributed by atoms with Crippen LogP contribution < -0.4 is 5.73 Å². The maximum atomic E-state index is 5.72. The molecule has 3 nitrogen and oxygen atoms in total. The van der Waals surface area contributed by atoms with Crippen LogP contribution in [0.1, 0.15) is 49.9 Å². The molecule has 0 aromatic carbocycles. The topological polar surface area (TPSA) is 51.8 Å². The Morgan fingerprint density at radius 3 is 2.22 bits per heavy atom. The Hall–Kier alpha value is -0.960. The second-order valence-corrected chi connectivity index (χ2v) is 6.80. The molecule has 0 radical (unpaired) electrons. The van der Waals surface area contributed by atoms with Gasteiger partial charge in [0.05, 0.1) is 11.4 Å². The molecule has 0 spiro atoms. The van der Waals surface area contributed by atoms with Crippen molar-refractivity contribution in [2.24, 2.45) is 23.5 Å². The molecule has 0 unspecified atom stereocenters. The fourth-order valence-corrected chi connectivity index (χ4v) is 5.22. The summed E-state index contributed by atoms with van der Waals surface area (Å²) in [5.74, 6) is 2.90. The van der Waals surface area contributed by atoms with Crippen LogP contribution in [-0.2, 0) is 12.0 Å². The fraction of sp³-hybridized carbons (Fsp3) is 0.733. The Labute approximate surface area is 108 Å². The summed E-state index contributed by atoms with van der Waals surface area (Å²) in [7, 11) is 0. The Balaban J connectivity index is 1.74. The van der Waals surface area contributed by atoms with Crippen molar-refractivity contribution in [1.82, 2.24) is 9.97 Å². The lowest BCUT2D eigenvalue weighted by Crippen LogP contribution is -2.49. The van der Waals surface area contributed by atoms with E-state index in [1.807, 2.05) is 0 Å². The minimum absolute atomic E-state index is 0.377. The second-order valence-electron chi connectivity index (χ2n) is 6.80. The highest BCUT2D eigenvalue weighted by atomic mass is 14.9. The zero-order valence-electron chi connectivity index (χ0n) is 10.8. The van der Waals surface area contributed by atoms with Gasteiger partial charge in [-0.1, -0.05) is 0 Å². The smallest absolute Gasteiger partial charge is 0.116 e. The quantitative estimate of drug-likeness (QED) is 0.867. The molecule has 1 aromatic rings. The molecule has 4 saturated carbocycles. The van der Waals surface area contributed by atoms with Gasteiger partial charge in [-0.15, -0.1) is 0 Å². The van der Waals surface area contributed by atoms with Crippen LogP contribution in [0.4, 0.5) is 0 Å². The molecule has 4 aliphatic rings. The van der Waals surface area contributed by atoms with Crippen LogP contribution in [0, 0.1) is 17.8 Å². The monoisotopic (exact) mass is 243 g/mol. The molecule has 18 heavy (non-hydrogen) atoms. The van der Waals surface area contributed by atoms with E-state index in [-0.39, 0.29) is 0 Å². The SMILES string of the molecule is NCc1cc(C23CC4CC(CC(C4)C2)C3)ncn1. The van der Waals surface area contributed by atoms with E-state index >= 15 is 0 Å². The van der Waals surface area contributed by atoms with E-state index < -0.39 is 0 Å². The lowest BCUT2D eigenvalue weighted by Gasteiger charge is -2.56. The summed E-state index contributed by atoms with van der Waals surface area (Å²) < 4.78 is 0. The Morgan fingerprint density at radius 2 is 1.67 bits per heavy atom. The largest absolute Gasteiger partial charge is 0.325 e. The van der Waals surface area contributed by atoms with Crippen molar-refractivity contribution in [3.8, 4) is 0 Å². The van der Waals surface area contributed by atoms with Gasteiger partial charge < -0.3 is 5.73 Å². The zero-order valence-corrected chi connectivity index (χ0v) is 10.8. The zero-order chi connectivity index (χ0) is 12.2. The number of hydrogen-bond donors (Lipinski definition) is 1. The second kappa shape index (κ2) is 3.77. The van der Waals surface area contributed by atoms with Gasteiger partial charge in [-0.2, -0.15) is 0 Å². The van der Waals surface area contributed by atoms with E-state index in [1.54, 1.807) is 6.33 Å². The summed E-state index contributed by atoms with van der Waals surface area (Å²) in [6.45, 7) is 0.530. The van der Waals surface area contributed by atoms with E-state index in [0.29, 0.717) is 12.0 Å². The van der Waals surface area contributed by atoms with Gasteiger partial charge in [-0.25, -0.2) is 9.97 Å². The molecular weight excluding hydrogens is 222 g/mol. The van der Waals surface area contributed by atoms with Gasteiger partial charge in [0.2, 0.25) is 0 Å². The van der Waals surface area contributed by atoms with Crippen molar-refractivity contribution >= 4 is 0 Å². The lowest BCUT2D eigenvalue weighted by atomic mass is 9.49. The fourth-order valence-electron chi connectivity index (χ4n) is 5.22. The maximum Gasteiger partial charge on any atom is 0.116 e. The minimum Gasteiger partial charge on any atom is -0.325 e. The first-order chi connectivity index (χ1) is 8.77. The van der Waals surface area contributed by atoms with E-state index in [2.05, 4.69) is 16.0 Å². The van der Waals surface area contributed by atoms with Gasteiger partial charge in [0.1, 0.15) is 6.33 Å². The molecule has 0 saturated heterocycles. The molecule has 3 heteroatoms. The first-order valence-electron chi connectivity index (χ1n) is 7.29. The van der Waals surface area contributed by atoms with Gasteiger partial charge in [-0.3, -0.25) is 0 Å². The number of nitrogens with two attached hydrogens (primary N) is 1. The Bertz CT molecular complexity index is 433. The Morgan fingerprint density at radius 1 is 1.06 bits per heavy atom. The standard InChI is InChI=1S/C15H21N3/c16-8-13-4-14(18-9-17-13)15-5-10-1-11(6-15)3-12(2-10)7-15/h4,9-12H,1-3,5-8,16H2. The van der Waals surface area contributed by atoms with Gasteiger partial charge in [0, 0.05) is 12.0 Å². The number of aromatic nitrogens is 2. The van der Waals surface area contributed by atoms with E-state index in [0.717, 1.165) is 23.4 Å². The predicted molar refractivity (Wildman–Crippen MR) is 69.8 cm³/mol. The van der Waals surface area contributed by atoms with Gasteiger partial charge in [0.15, 0.2) is 0 Å². The highest BCUT2D eigenvalue weighted by Crippen LogP contribution is 2.60. The normalized spacial score (nSPS) is 41.3. The lowest BCUT2D eigenvalue weighted by molar-refractivity contribution is -0.00730. The van der Waals surface area contributed by atoms with Crippen LogP contribution in [0.3, 0.4) is 0 Å². The van der Waals surface area contributed by atoms with Crippen molar-refractivity contribution in [3.05, 3.63) is 23.8 Å². The number of nitrogens with zero attached hydrogens (tertiary/aromatic N) is 2. The molecule has 0 amide bonds. The summed E-state index contributed by atoms with van der Waals surface area (Å²) in [4.78, 5) is 8.86. The molecular formula is C15H21N3. The van der Waals surface area contributed by atoms with Crippen molar-refractivity contribution in [2.75, 3.05) is 0 Å². The minimum atomic E-state index is 0.377. The molecule has 0 aliphatic heterocycles. The summed E-state index contributed by atoms with van der Waals surface area (Å²) >= 11 is 0. The highest BCUT2D eigenvalue weighted by Gasteiger charge is 2.52. The molecule has 1 aromatic heterocycles. The molecule has 0 atom stereocenters. The van der Waals surface area contributed by atoms with E-state index in [4.69, 9.17) is 5.73 Å².